The number of imide groups is 2. The lowest BCUT2D eigenvalue weighted by atomic mass is 9.97. The summed E-state index contributed by atoms with van der Waals surface area (Å²) in [4.78, 5) is 51.7. The highest BCUT2D eigenvalue weighted by Gasteiger charge is 2.45. The number of carbonyl (C=O) groups excluding carboxylic acids is 4. The van der Waals surface area contributed by atoms with E-state index in [1.807, 2.05) is 4.90 Å². The first-order valence-corrected chi connectivity index (χ1v) is 9.41. The zero-order valence-corrected chi connectivity index (χ0v) is 15.2. The molecule has 3 N–H and O–H groups in total. The van der Waals surface area contributed by atoms with Crippen LogP contribution < -0.4 is 16.0 Å². The molecule has 9 heteroatoms. The number of anilines is 1. The van der Waals surface area contributed by atoms with Crippen LogP contribution in [0.25, 0.3) is 0 Å². The molecule has 4 rings (SSSR count). The van der Waals surface area contributed by atoms with Crippen molar-refractivity contribution in [2.75, 3.05) is 24.5 Å². The molecule has 2 fully saturated rings. The summed E-state index contributed by atoms with van der Waals surface area (Å²) in [6, 6.07) is 1.41. The van der Waals surface area contributed by atoms with Crippen molar-refractivity contribution >= 4 is 29.3 Å². The van der Waals surface area contributed by atoms with Crippen molar-refractivity contribution in [1.82, 2.24) is 10.2 Å². The summed E-state index contributed by atoms with van der Waals surface area (Å²) in [6.07, 6.45) is 1.95. The van der Waals surface area contributed by atoms with E-state index in [1.54, 1.807) is 0 Å². The highest BCUT2D eigenvalue weighted by molar-refractivity contribution is 6.23. The summed E-state index contributed by atoms with van der Waals surface area (Å²) in [5.41, 5.74) is 6.05. The number of piperidine rings is 2. The number of carbonyl (C=O) groups is 4. The van der Waals surface area contributed by atoms with Gasteiger partial charge in [-0.3, -0.25) is 29.4 Å². The molecule has 8 nitrogen and oxygen atoms in total. The molecule has 0 aromatic heterocycles. The lowest BCUT2D eigenvalue weighted by molar-refractivity contribution is -0.136. The first-order valence-electron chi connectivity index (χ1n) is 9.41. The fourth-order valence-corrected chi connectivity index (χ4v) is 4.20. The van der Waals surface area contributed by atoms with E-state index in [-0.39, 0.29) is 35.6 Å². The molecule has 0 spiro atoms. The van der Waals surface area contributed by atoms with E-state index < -0.39 is 35.5 Å². The fourth-order valence-electron chi connectivity index (χ4n) is 4.20. The molecule has 0 radical (unpaired) electrons. The summed E-state index contributed by atoms with van der Waals surface area (Å²) in [6.45, 7) is 1.74. The Kier molecular flexibility index (Phi) is 4.62. The smallest absolute Gasteiger partial charge is 0.262 e. The Hall–Kier alpha value is -2.81. The highest BCUT2D eigenvalue weighted by atomic mass is 19.1. The average Bonchev–Trinajstić information content (AvgIpc) is 2.91. The number of amides is 4. The molecule has 3 aliphatic heterocycles. The maximum Gasteiger partial charge on any atom is 0.262 e. The summed E-state index contributed by atoms with van der Waals surface area (Å²) in [5.74, 6) is -2.80. The Balaban J connectivity index is 1.65. The number of hydrogen-bond donors (Lipinski definition) is 2. The first-order chi connectivity index (χ1) is 13.4. The Morgan fingerprint density at radius 1 is 1.11 bits per heavy atom. The predicted octanol–water partition coefficient (Wildman–Crippen LogP) is 0.402. The summed E-state index contributed by atoms with van der Waals surface area (Å²) < 4.78 is 14.8. The maximum atomic E-state index is 14.8. The molecular weight excluding hydrogens is 367 g/mol. The highest BCUT2D eigenvalue weighted by Crippen LogP contribution is 2.34. The molecule has 3 aliphatic rings. The Morgan fingerprint density at radius 3 is 2.50 bits per heavy atom. The van der Waals surface area contributed by atoms with Crippen LogP contribution in [0.4, 0.5) is 10.1 Å². The van der Waals surface area contributed by atoms with Gasteiger partial charge in [-0.25, -0.2) is 4.39 Å². The molecule has 148 valence electrons. The lowest BCUT2D eigenvalue weighted by Crippen LogP contribution is -2.54. The van der Waals surface area contributed by atoms with Gasteiger partial charge in [-0.1, -0.05) is 0 Å². The van der Waals surface area contributed by atoms with E-state index >= 15 is 0 Å². The van der Waals surface area contributed by atoms with Gasteiger partial charge >= 0.3 is 0 Å². The second-order valence-electron chi connectivity index (χ2n) is 7.49. The van der Waals surface area contributed by atoms with Crippen LogP contribution >= 0.6 is 0 Å². The van der Waals surface area contributed by atoms with Gasteiger partial charge in [-0.05, 0) is 43.9 Å². The Morgan fingerprint density at radius 2 is 1.82 bits per heavy atom. The van der Waals surface area contributed by atoms with Gasteiger partial charge in [-0.15, -0.1) is 0 Å². The van der Waals surface area contributed by atoms with Crippen LogP contribution in [0, 0.1) is 11.7 Å². The third-order valence-corrected chi connectivity index (χ3v) is 5.70. The first kappa shape index (κ1) is 18.5. The molecular formula is C19H21FN4O4. The van der Waals surface area contributed by atoms with E-state index in [0.29, 0.717) is 19.6 Å². The normalized spacial score (nSPS) is 25.2. The van der Waals surface area contributed by atoms with Crippen molar-refractivity contribution in [3.8, 4) is 0 Å². The molecule has 2 unspecified atom stereocenters. The van der Waals surface area contributed by atoms with E-state index in [4.69, 9.17) is 5.73 Å². The third kappa shape index (κ3) is 2.95. The zero-order chi connectivity index (χ0) is 20.0. The summed E-state index contributed by atoms with van der Waals surface area (Å²) >= 11 is 0. The summed E-state index contributed by atoms with van der Waals surface area (Å²) in [7, 11) is 0. The van der Waals surface area contributed by atoms with Crippen molar-refractivity contribution in [2.45, 2.75) is 31.7 Å². The monoisotopic (exact) mass is 388 g/mol. The number of nitrogens with zero attached hydrogens (tertiary/aromatic N) is 2. The van der Waals surface area contributed by atoms with E-state index in [2.05, 4.69) is 5.32 Å². The van der Waals surface area contributed by atoms with Crippen molar-refractivity contribution in [1.29, 1.82) is 0 Å². The second kappa shape index (κ2) is 6.97. The minimum atomic E-state index is -1.06. The molecule has 2 saturated heterocycles. The van der Waals surface area contributed by atoms with Crippen LogP contribution in [0.3, 0.4) is 0 Å². The van der Waals surface area contributed by atoms with Gasteiger partial charge in [0.15, 0.2) is 0 Å². The SMILES string of the molecule is NCC1CCCN(c2cc3c(cc2F)C(=O)N(C2CCC(=O)NC2=O)C3=O)C1. The Bertz CT molecular complexity index is 887. The number of rotatable bonds is 3. The fraction of sp³-hybridized carbons (Fsp3) is 0.474. The molecule has 4 amide bonds. The van der Waals surface area contributed by atoms with Crippen LogP contribution in [0.15, 0.2) is 12.1 Å². The quantitative estimate of drug-likeness (QED) is 0.725. The van der Waals surface area contributed by atoms with Gasteiger partial charge in [0.1, 0.15) is 11.9 Å². The minimum absolute atomic E-state index is 0.0394. The van der Waals surface area contributed by atoms with Gasteiger partial charge < -0.3 is 10.6 Å². The third-order valence-electron chi connectivity index (χ3n) is 5.70. The number of nitrogens with two attached hydrogens (primary N) is 1. The largest absolute Gasteiger partial charge is 0.369 e. The van der Waals surface area contributed by atoms with Crippen molar-refractivity contribution in [3.63, 3.8) is 0 Å². The summed E-state index contributed by atoms with van der Waals surface area (Å²) in [5, 5.41) is 2.14. The standard InChI is InChI=1S/C19H21FN4O4/c20-13-6-11-12(7-15(13)23-5-1-2-10(8-21)9-23)19(28)24(18(11)27)14-3-4-16(25)22-17(14)26/h6-7,10,14H,1-5,8-9,21H2,(H,22,25,26). The Labute approximate surface area is 160 Å². The van der Waals surface area contributed by atoms with Crippen LogP contribution in [0.2, 0.25) is 0 Å². The molecule has 0 bridgehead atoms. The zero-order valence-electron chi connectivity index (χ0n) is 15.2. The van der Waals surface area contributed by atoms with Crippen molar-refractivity contribution in [3.05, 3.63) is 29.1 Å². The molecule has 2 atom stereocenters. The number of fused-ring (bicyclic) bond motifs is 1. The van der Waals surface area contributed by atoms with Gasteiger partial charge in [0.05, 0.1) is 16.8 Å². The van der Waals surface area contributed by atoms with Gasteiger partial charge in [0.2, 0.25) is 11.8 Å². The van der Waals surface area contributed by atoms with Gasteiger partial charge in [-0.2, -0.15) is 0 Å². The average molecular weight is 388 g/mol. The van der Waals surface area contributed by atoms with Crippen LogP contribution in [0.1, 0.15) is 46.4 Å². The maximum absolute atomic E-state index is 14.8. The minimum Gasteiger partial charge on any atom is -0.369 e. The molecule has 1 aromatic rings. The molecule has 28 heavy (non-hydrogen) atoms. The molecule has 0 saturated carbocycles. The molecule has 0 aliphatic carbocycles. The topological polar surface area (TPSA) is 113 Å². The predicted molar refractivity (Wildman–Crippen MR) is 97.1 cm³/mol. The van der Waals surface area contributed by atoms with Crippen LogP contribution in [0.5, 0.6) is 0 Å². The molecule has 1 aromatic carbocycles. The number of benzene rings is 1. The number of nitrogens with one attached hydrogen (secondary N) is 1. The second-order valence-corrected chi connectivity index (χ2v) is 7.49. The van der Waals surface area contributed by atoms with Crippen LogP contribution in [-0.4, -0.2) is 54.2 Å². The van der Waals surface area contributed by atoms with Gasteiger partial charge in [0, 0.05) is 19.5 Å². The van der Waals surface area contributed by atoms with E-state index in [9.17, 15) is 23.6 Å². The van der Waals surface area contributed by atoms with Crippen LogP contribution in [-0.2, 0) is 9.59 Å². The van der Waals surface area contributed by atoms with Crippen molar-refractivity contribution < 1.29 is 23.6 Å². The lowest BCUT2D eigenvalue weighted by Gasteiger charge is -2.34. The number of halogens is 1. The number of hydrogen-bond acceptors (Lipinski definition) is 6. The van der Waals surface area contributed by atoms with Crippen molar-refractivity contribution in [2.24, 2.45) is 11.7 Å². The molecule has 3 heterocycles. The van der Waals surface area contributed by atoms with E-state index in [1.165, 1.54) is 6.07 Å². The van der Waals surface area contributed by atoms with Gasteiger partial charge in [0.25, 0.3) is 11.8 Å². The van der Waals surface area contributed by atoms with E-state index in [0.717, 1.165) is 23.8 Å².